The van der Waals surface area contributed by atoms with E-state index in [0.29, 0.717) is 6.42 Å². The minimum absolute atomic E-state index is 0.00864. The number of sulfonamides is 1. The molecular formula is C32H33N5O3S. The highest BCUT2D eigenvalue weighted by molar-refractivity contribution is 7.90. The number of nitrogens with zero attached hydrogens (tertiary/aromatic N) is 3. The Morgan fingerprint density at radius 1 is 0.902 bits per heavy atom. The zero-order valence-corrected chi connectivity index (χ0v) is 24.1. The molecule has 210 valence electrons. The molecule has 8 nitrogen and oxygen atoms in total. The second-order valence-corrected chi connectivity index (χ2v) is 11.9. The Kier molecular flexibility index (Phi) is 8.07. The van der Waals surface area contributed by atoms with Crippen LogP contribution in [0.4, 0.5) is 16.2 Å². The molecule has 4 aromatic rings. The Morgan fingerprint density at radius 3 is 2.20 bits per heavy atom. The van der Waals surface area contributed by atoms with Crippen LogP contribution in [0.25, 0.3) is 0 Å². The van der Waals surface area contributed by atoms with Gasteiger partial charge >= 0.3 is 6.03 Å². The van der Waals surface area contributed by atoms with Crippen LogP contribution in [0.1, 0.15) is 34.7 Å². The largest absolute Gasteiger partial charge is 0.378 e. The topological polar surface area (TPSA) is 94.1 Å². The Labute approximate surface area is 241 Å². The third-order valence-corrected chi connectivity index (χ3v) is 8.37. The molecule has 0 saturated heterocycles. The van der Waals surface area contributed by atoms with Gasteiger partial charge in [-0.3, -0.25) is 5.01 Å². The van der Waals surface area contributed by atoms with Crippen molar-refractivity contribution >= 4 is 33.1 Å². The van der Waals surface area contributed by atoms with Gasteiger partial charge in [0.1, 0.15) is 0 Å². The first-order valence-corrected chi connectivity index (χ1v) is 14.8. The zero-order valence-electron chi connectivity index (χ0n) is 23.3. The first kappa shape index (κ1) is 27.9. The van der Waals surface area contributed by atoms with E-state index in [-0.39, 0.29) is 17.5 Å². The summed E-state index contributed by atoms with van der Waals surface area (Å²) in [5.41, 5.74) is 7.02. The number of carbonyl (C=O) groups is 1. The summed E-state index contributed by atoms with van der Waals surface area (Å²) in [6.07, 6.45) is 0.702. The van der Waals surface area contributed by atoms with E-state index >= 15 is 0 Å². The Hall–Kier alpha value is -4.63. The molecule has 0 spiro atoms. The molecule has 0 saturated carbocycles. The lowest BCUT2D eigenvalue weighted by Gasteiger charge is -2.24. The van der Waals surface area contributed by atoms with Crippen LogP contribution in [0.5, 0.6) is 0 Å². The standard InChI is InChI=1S/C32H33N5O3S/c1-23-9-11-26(12-10-23)31-21-30(25-13-15-27(16-14-25)36(2)3)34-37(31)28-17-19-29(20-18-28)41(39,40)35-32(38)33-22-24-7-5-4-6-8-24/h4-20,31H,21-22H2,1-3H3,(H2,33,35,38). The molecule has 1 aliphatic rings. The average Bonchev–Trinajstić information content (AvgIpc) is 3.42. The molecule has 1 heterocycles. The van der Waals surface area contributed by atoms with Gasteiger partial charge < -0.3 is 10.2 Å². The molecule has 1 aliphatic heterocycles. The Morgan fingerprint density at radius 2 is 1.56 bits per heavy atom. The molecule has 1 atom stereocenters. The van der Waals surface area contributed by atoms with E-state index in [4.69, 9.17) is 5.10 Å². The normalized spacial score (nSPS) is 14.9. The van der Waals surface area contributed by atoms with Crippen molar-refractivity contribution in [2.45, 2.75) is 30.8 Å². The van der Waals surface area contributed by atoms with Crippen molar-refractivity contribution in [3.63, 3.8) is 0 Å². The van der Waals surface area contributed by atoms with E-state index in [1.54, 1.807) is 12.1 Å². The van der Waals surface area contributed by atoms with Gasteiger partial charge in [0, 0.05) is 32.7 Å². The van der Waals surface area contributed by atoms with Crippen molar-refractivity contribution in [3.8, 4) is 0 Å². The number of benzene rings is 4. The van der Waals surface area contributed by atoms with Gasteiger partial charge in [-0.05, 0) is 60.0 Å². The van der Waals surface area contributed by atoms with Gasteiger partial charge in [-0.2, -0.15) is 5.10 Å². The third kappa shape index (κ3) is 6.58. The lowest BCUT2D eigenvalue weighted by atomic mass is 9.97. The number of urea groups is 1. The van der Waals surface area contributed by atoms with Crippen LogP contribution < -0.4 is 19.9 Å². The van der Waals surface area contributed by atoms with Crippen LogP contribution in [-0.2, 0) is 16.6 Å². The summed E-state index contributed by atoms with van der Waals surface area (Å²) in [6.45, 7) is 2.27. The van der Waals surface area contributed by atoms with Crippen LogP contribution in [0.2, 0.25) is 0 Å². The molecule has 2 N–H and O–H groups in total. The third-order valence-electron chi connectivity index (χ3n) is 7.02. The fourth-order valence-electron chi connectivity index (χ4n) is 4.70. The van der Waals surface area contributed by atoms with Crippen molar-refractivity contribution in [2.75, 3.05) is 24.0 Å². The molecule has 4 aromatic carbocycles. The van der Waals surface area contributed by atoms with Gasteiger partial charge in [0.05, 0.1) is 22.3 Å². The molecule has 5 rings (SSSR count). The highest BCUT2D eigenvalue weighted by atomic mass is 32.2. The van der Waals surface area contributed by atoms with Crippen LogP contribution >= 0.6 is 0 Å². The number of aryl methyl sites for hydroxylation is 1. The highest BCUT2D eigenvalue weighted by Crippen LogP contribution is 2.37. The first-order chi connectivity index (χ1) is 19.7. The molecule has 0 fully saturated rings. The van der Waals surface area contributed by atoms with Crippen LogP contribution in [-0.4, -0.2) is 34.3 Å². The SMILES string of the molecule is Cc1ccc(C2CC(c3ccc(N(C)C)cc3)=NN2c2ccc(S(=O)(=O)NC(=O)NCc3ccccc3)cc2)cc1. The van der Waals surface area contributed by atoms with Crippen LogP contribution in [0.3, 0.4) is 0 Å². The van der Waals surface area contributed by atoms with Gasteiger partial charge in [-0.25, -0.2) is 17.9 Å². The summed E-state index contributed by atoms with van der Waals surface area (Å²) in [6, 6.07) is 31.6. The first-order valence-electron chi connectivity index (χ1n) is 13.4. The number of carbonyl (C=O) groups excluding carboxylic acids is 1. The number of amides is 2. The van der Waals surface area contributed by atoms with Gasteiger partial charge in [-0.15, -0.1) is 0 Å². The summed E-state index contributed by atoms with van der Waals surface area (Å²) in [4.78, 5) is 14.4. The summed E-state index contributed by atoms with van der Waals surface area (Å²) in [5.74, 6) is 0. The second kappa shape index (κ2) is 11.9. The number of hydrazone groups is 1. The van der Waals surface area contributed by atoms with Crippen molar-refractivity contribution in [1.29, 1.82) is 0 Å². The number of hydrogen-bond acceptors (Lipinski definition) is 6. The monoisotopic (exact) mass is 567 g/mol. The zero-order chi connectivity index (χ0) is 29.0. The predicted molar refractivity (Wildman–Crippen MR) is 164 cm³/mol. The maximum atomic E-state index is 12.9. The number of hydrogen-bond donors (Lipinski definition) is 2. The van der Waals surface area contributed by atoms with Crippen LogP contribution in [0, 0.1) is 6.92 Å². The van der Waals surface area contributed by atoms with Gasteiger partial charge in [0.2, 0.25) is 0 Å². The summed E-state index contributed by atoms with van der Waals surface area (Å²) in [5, 5.41) is 9.51. The fourth-order valence-corrected chi connectivity index (χ4v) is 5.62. The fraction of sp³-hybridized carbons (Fsp3) is 0.188. The van der Waals surface area contributed by atoms with E-state index < -0.39 is 16.1 Å². The Bertz CT molecular complexity index is 1630. The van der Waals surface area contributed by atoms with Gasteiger partial charge in [-0.1, -0.05) is 72.3 Å². The number of nitrogens with one attached hydrogen (secondary N) is 2. The van der Waals surface area contributed by atoms with Crippen molar-refractivity contribution in [1.82, 2.24) is 10.0 Å². The molecule has 0 aliphatic carbocycles. The molecule has 2 amide bonds. The van der Waals surface area contributed by atoms with E-state index in [1.165, 1.54) is 17.7 Å². The van der Waals surface area contributed by atoms with E-state index in [1.807, 2.05) is 49.4 Å². The molecule has 0 bridgehead atoms. The smallest absolute Gasteiger partial charge is 0.328 e. The minimum atomic E-state index is -4.06. The molecule has 1 unspecified atom stereocenters. The molecule has 41 heavy (non-hydrogen) atoms. The second-order valence-electron chi connectivity index (χ2n) is 10.2. The van der Waals surface area contributed by atoms with E-state index in [2.05, 4.69) is 70.4 Å². The maximum Gasteiger partial charge on any atom is 0.328 e. The van der Waals surface area contributed by atoms with Crippen molar-refractivity contribution in [3.05, 3.63) is 125 Å². The number of anilines is 2. The molecular weight excluding hydrogens is 534 g/mol. The van der Waals surface area contributed by atoms with Gasteiger partial charge in [0.15, 0.2) is 0 Å². The lowest BCUT2D eigenvalue weighted by Crippen LogP contribution is -2.39. The predicted octanol–water partition coefficient (Wildman–Crippen LogP) is 5.60. The molecule has 0 aromatic heterocycles. The minimum Gasteiger partial charge on any atom is -0.378 e. The quantitative estimate of drug-likeness (QED) is 0.289. The molecule has 0 radical (unpaired) electrons. The summed E-state index contributed by atoms with van der Waals surface area (Å²) in [7, 11) is -0.0445. The Balaban J connectivity index is 1.36. The van der Waals surface area contributed by atoms with E-state index in [9.17, 15) is 13.2 Å². The van der Waals surface area contributed by atoms with Crippen LogP contribution in [0.15, 0.2) is 113 Å². The van der Waals surface area contributed by atoms with Gasteiger partial charge in [0.25, 0.3) is 10.0 Å². The molecule has 9 heteroatoms. The lowest BCUT2D eigenvalue weighted by molar-refractivity contribution is 0.245. The number of rotatable bonds is 8. The maximum absolute atomic E-state index is 12.9. The van der Waals surface area contributed by atoms with Crippen molar-refractivity contribution in [2.24, 2.45) is 5.10 Å². The summed E-state index contributed by atoms with van der Waals surface area (Å²) < 4.78 is 27.9. The summed E-state index contributed by atoms with van der Waals surface area (Å²) >= 11 is 0. The van der Waals surface area contributed by atoms with E-state index in [0.717, 1.165) is 33.8 Å². The highest BCUT2D eigenvalue weighted by Gasteiger charge is 2.30. The average molecular weight is 568 g/mol. The van der Waals surface area contributed by atoms with Crippen molar-refractivity contribution < 1.29 is 13.2 Å².